The zero-order valence-electron chi connectivity index (χ0n) is 11.4. The average Bonchev–Trinajstić information content (AvgIpc) is 2.28. The largest absolute Gasteiger partial charge is 0.398 e. The fourth-order valence-electron chi connectivity index (χ4n) is 1.64. The first-order chi connectivity index (χ1) is 7.79. The smallest absolute Gasteiger partial charge is 0.161 e. The first-order valence-electron chi connectivity index (χ1n) is 5.94. The first-order valence-corrected chi connectivity index (χ1v) is 5.94. The van der Waals surface area contributed by atoms with Gasteiger partial charge in [0.25, 0.3) is 0 Å². The Morgan fingerprint density at radius 3 is 2.47 bits per heavy atom. The second-order valence-electron chi connectivity index (χ2n) is 5.05. The summed E-state index contributed by atoms with van der Waals surface area (Å²) in [5.41, 5.74) is 8.02. The molecular weight excluding hydrogens is 212 g/mol. The second kappa shape index (κ2) is 4.78. The number of ketones is 1. The van der Waals surface area contributed by atoms with E-state index in [-0.39, 0.29) is 11.3 Å². The third kappa shape index (κ3) is 2.78. The van der Waals surface area contributed by atoms with Crippen LogP contribution in [0.15, 0.2) is 18.2 Å². The van der Waals surface area contributed by atoms with Gasteiger partial charge in [-0.1, -0.05) is 6.92 Å². The molecule has 0 aliphatic carbocycles. The first kappa shape index (κ1) is 13.6. The third-order valence-corrected chi connectivity index (χ3v) is 3.58. The molecule has 0 saturated heterocycles. The summed E-state index contributed by atoms with van der Waals surface area (Å²) in [6, 6.07) is 5.63. The number of carbonyl (C=O) groups is 1. The Morgan fingerprint density at radius 1 is 1.41 bits per heavy atom. The van der Waals surface area contributed by atoms with Crippen LogP contribution in [0.4, 0.5) is 11.4 Å². The summed E-state index contributed by atoms with van der Waals surface area (Å²) in [5, 5.41) is 0. The van der Waals surface area contributed by atoms with Crippen LogP contribution in [0.25, 0.3) is 0 Å². The van der Waals surface area contributed by atoms with Crippen molar-refractivity contribution in [2.24, 2.45) is 0 Å². The molecule has 0 fully saturated rings. The molecule has 3 heteroatoms. The molecule has 0 saturated carbocycles. The van der Waals surface area contributed by atoms with Crippen molar-refractivity contribution in [1.82, 2.24) is 0 Å². The predicted molar refractivity (Wildman–Crippen MR) is 73.6 cm³/mol. The van der Waals surface area contributed by atoms with Crippen LogP contribution in [0.5, 0.6) is 0 Å². The predicted octanol–water partition coefficient (Wildman–Crippen LogP) is 3.10. The number of nitrogen functional groups attached to an aromatic ring is 1. The van der Waals surface area contributed by atoms with E-state index in [1.54, 1.807) is 13.0 Å². The molecule has 0 heterocycles. The van der Waals surface area contributed by atoms with Crippen LogP contribution in [0.1, 0.15) is 44.5 Å². The average molecular weight is 234 g/mol. The van der Waals surface area contributed by atoms with Crippen molar-refractivity contribution < 1.29 is 4.79 Å². The van der Waals surface area contributed by atoms with Gasteiger partial charge in [0.15, 0.2) is 5.78 Å². The maximum absolute atomic E-state index is 11.5. The van der Waals surface area contributed by atoms with E-state index < -0.39 is 0 Å². The normalized spacial score (nSPS) is 11.4. The van der Waals surface area contributed by atoms with Crippen LogP contribution in [0, 0.1) is 0 Å². The van der Waals surface area contributed by atoms with Gasteiger partial charge in [0.05, 0.1) is 0 Å². The molecule has 0 aliphatic rings. The summed E-state index contributed by atoms with van der Waals surface area (Å²) >= 11 is 0. The SMILES string of the molecule is CCC(C)(C)N(C)c1ccc(N)c(C(C)=O)c1. The summed E-state index contributed by atoms with van der Waals surface area (Å²) in [7, 11) is 2.04. The lowest BCUT2D eigenvalue weighted by molar-refractivity contribution is 0.101. The lowest BCUT2D eigenvalue weighted by Gasteiger charge is -2.37. The van der Waals surface area contributed by atoms with E-state index in [1.807, 2.05) is 19.2 Å². The van der Waals surface area contributed by atoms with Gasteiger partial charge in [0.1, 0.15) is 0 Å². The molecule has 2 N–H and O–H groups in total. The van der Waals surface area contributed by atoms with Gasteiger partial charge in [-0.3, -0.25) is 4.79 Å². The molecule has 0 atom stereocenters. The van der Waals surface area contributed by atoms with E-state index in [1.165, 1.54) is 0 Å². The van der Waals surface area contributed by atoms with Crippen LogP contribution in [0.2, 0.25) is 0 Å². The summed E-state index contributed by atoms with van der Waals surface area (Å²) in [6.07, 6.45) is 1.03. The Bertz CT molecular complexity index is 424. The number of rotatable bonds is 4. The van der Waals surface area contributed by atoms with Crippen LogP contribution >= 0.6 is 0 Å². The maximum Gasteiger partial charge on any atom is 0.161 e. The van der Waals surface area contributed by atoms with Gasteiger partial charge < -0.3 is 10.6 Å². The molecule has 1 rings (SSSR count). The van der Waals surface area contributed by atoms with Crippen molar-refractivity contribution in [3.8, 4) is 0 Å². The molecule has 0 amide bonds. The summed E-state index contributed by atoms with van der Waals surface area (Å²) in [4.78, 5) is 13.6. The van der Waals surface area contributed by atoms with Gasteiger partial charge in [-0.2, -0.15) is 0 Å². The summed E-state index contributed by atoms with van der Waals surface area (Å²) in [5.74, 6) is 0.00653. The highest BCUT2D eigenvalue weighted by Crippen LogP contribution is 2.27. The Kier molecular flexibility index (Phi) is 3.81. The van der Waals surface area contributed by atoms with Gasteiger partial charge >= 0.3 is 0 Å². The highest BCUT2D eigenvalue weighted by atomic mass is 16.1. The van der Waals surface area contributed by atoms with Crippen molar-refractivity contribution in [2.75, 3.05) is 17.7 Å². The van der Waals surface area contributed by atoms with Gasteiger partial charge in [-0.15, -0.1) is 0 Å². The van der Waals surface area contributed by atoms with Gasteiger partial charge in [0.2, 0.25) is 0 Å². The van der Waals surface area contributed by atoms with Gasteiger partial charge in [-0.25, -0.2) is 0 Å². The molecule has 94 valence electrons. The highest BCUT2D eigenvalue weighted by molar-refractivity contribution is 6.00. The summed E-state index contributed by atoms with van der Waals surface area (Å²) in [6.45, 7) is 8.05. The van der Waals surface area contributed by atoms with Crippen molar-refractivity contribution in [3.63, 3.8) is 0 Å². The molecule has 17 heavy (non-hydrogen) atoms. The lowest BCUT2D eigenvalue weighted by Crippen LogP contribution is -2.40. The number of Topliss-reactive ketones (excluding diaryl/α,β-unsaturated/α-hetero) is 1. The molecule has 0 aromatic heterocycles. The monoisotopic (exact) mass is 234 g/mol. The van der Waals surface area contributed by atoms with Gasteiger partial charge in [0, 0.05) is 29.5 Å². The maximum atomic E-state index is 11.5. The van der Waals surface area contributed by atoms with Crippen molar-refractivity contribution in [1.29, 1.82) is 0 Å². The fraction of sp³-hybridized carbons (Fsp3) is 0.500. The van der Waals surface area contributed by atoms with E-state index >= 15 is 0 Å². The van der Waals surface area contributed by atoms with E-state index in [0.717, 1.165) is 12.1 Å². The molecule has 1 aromatic carbocycles. The standard InChI is InChI=1S/C14H22N2O/c1-6-14(3,4)16(5)11-7-8-13(15)12(9-11)10(2)17/h7-9H,6,15H2,1-5H3. The Labute approximate surface area is 104 Å². The molecule has 0 spiro atoms. The van der Waals surface area contributed by atoms with Crippen molar-refractivity contribution in [3.05, 3.63) is 23.8 Å². The minimum atomic E-state index is 0.00653. The minimum absolute atomic E-state index is 0.00653. The Morgan fingerprint density at radius 2 is 2.00 bits per heavy atom. The zero-order valence-corrected chi connectivity index (χ0v) is 11.4. The van der Waals surface area contributed by atoms with Crippen LogP contribution in [0.3, 0.4) is 0 Å². The molecular formula is C14H22N2O. The summed E-state index contributed by atoms with van der Waals surface area (Å²) < 4.78 is 0. The quantitative estimate of drug-likeness (QED) is 0.643. The molecule has 0 radical (unpaired) electrons. The highest BCUT2D eigenvalue weighted by Gasteiger charge is 2.22. The number of benzene rings is 1. The number of hydrogen-bond acceptors (Lipinski definition) is 3. The zero-order chi connectivity index (χ0) is 13.2. The Hall–Kier alpha value is -1.51. The molecule has 1 aromatic rings. The number of nitrogens with two attached hydrogens (primary N) is 1. The Balaban J connectivity index is 3.16. The van der Waals surface area contributed by atoms with E-state index in [4.69, 9.17) is 5.73 Å². The molecule has 0 unspecified atom stereocenters. The number of anilines is 2. The number of carbonyl (C=O) groups excluding carboxylic acids is 1. The number of nitrogens with zero attached hydrogens (tertiary/aromatic N) is 1. The fourth-order valence-corrected chi connectivity index (χ4v) is 1.64. The van der Waals surface area contributed by atoms with Crippen LogP contribution in [-0.2, 0) is 0 Å². The lowest BCUT2D eigenvalue weighted by atomic mass is 9.98. The van der Waals surface area contributed by atoms with Crippen molar-refractivity contribution in [2.45, 2.75) is 39.7 Å². The van der Waals surface area contributed by atoms with Crippen LogP contribution < -0.4 is 10.6 Å². The third-order valence-electron chi connectivity index (χ3n) is 3.58. The molecule has 0 aliphatic heterocycles. The second-order valence-corrected chi connectivity index (χ2v) is 5.05. The van der Waals surface area contributed by atoms with Crippen molar-refractivity contribution >= 4 is 17.2 Å². The number of hydrogen-bond donors (Lipinski definition) is 1. The van der Waals surface area contributed by atoms with E-state index in [0.29, 0.717) is 11.3 Å². The van der Waals surface area contributed by atoms with E-state index in [2.05, 4.69) is 25.7 Å². The topological polar surface area (TPSA) is 46.3 Å². The molecule has 3 nitrogen and oxygen atoms in total. The van der Waals surface area contributed by atoms with Crippen LogP contribution in [-0.4, -0.2) is 18.4 Å². The molecule has 0 bridgehead atoms. The van der Waals surface area contributed by atoms with E-state index in [9.17, 15) is 4.79 Å². The minimum Gasteiger partial charge on any atom is -0.398 e. The van der Waals surface area contributed by atoms with Gasteiger partial charge in [-0.05, 0) is 45.4 Å².